The Hall–Kier alpha value is -2.42. The second-order valence-electron chi connectivity index (χ2n) is 10.1. The molecule has 2 unspecified atom stereocenters. The molecule has 0 amide bonds. The first-order valence-corrected chi connectivity index (χ1v) is 11.5. The van der Waals surface area contributed by atoms with Crippen LogP contribution < -0.4 is 0 Å². The van der Waals surface area contributed by atoms with Crippen molar-refractivity contribution < 1.29 is 30.0 Å². The maximum Gasteiger partial charge on any atom is 0.193 e. The number of aliphatic hydroxyl groups excluding tert-OH is 2. The summed E-state index contributed by atoms with van der Waals surface area (Å²) in [6, 6.07) is 13.4. The van der Waals surface area contributed by atoms with Gasteiger partial charge >= 0.3 is 0 Å². The molecule has 0 aliphatic heterocycles. The molecular formula is C27H37NO6. The molecule has 2 aromatic carbocycles. The summed E-state index contributed by atoms with van der Waals surface area (Å²) in [5.74, 6) is -0.787. The standard InChI is InChI=1S/C27H37NO6/c1-17(29)15-28(16-18(2)30)23(19-7-11-21(12-8-19)24(31)26(3,4)33)20-9-13-22(14-10-20)25(32)27(5,6)34/h7-14,17-18,23,29-30,33-34H,15-16H2,1-6H3. The van der Waals surface area contributed by atoms with Gasteiger partial charge in [0.1, 0.15) is 11.2 Å². The topological polar surface area (TPSA) is 118 Å². The summed E-state index contributed by atoms with van der Waals surface area (Å²) in [4.78, 5) is 26.8. The van der Waals surface area contributed by atoms with Gasteiger partial charge in [0.2, 0.25) is 0 Å². The Morgan fingerprint density at radius 3 is 1.24 bits per heavy atom. The molecular weight excluding hydrogens is 434 g/mol. The van der Waals surface area contributed by atoms with Crippen LogP contribution >= 0.6 is 0 Å². The predicted molar refractivity (Wildman–Crippen MR) is 131 cm³/mol. The second kappa shape index (κ2) is 10.9. The Morgan fingerprint density at radius 1 is 0.706 bits per heavy atom. The summed E-state index contributed by atoms with van der Waals surface area (Å²) in [6.45, 7) is 9.66. The molecule has 2 atom stereocenters. The third-order valence-electron chi connectivity index (χ3n) is 5.45. The van der Waals surface area contributed by atoms with Gasteiger partial charge in [-0.3, -0.25) is 14.5 Å². The second-order valence-corrected chi connectivity index (χ2v) is 10.1. The number of carbonyl (C=O) groups excluding carboxylic acids is 2. The molecule has 0 aliphatic carbocycles. The van der Waals surface area contributed by atoms with Crippen molar-refractivity contribution in [3.8, 4) is 0 Å². The molecule has 7 heteroatoms. The van der Waals surface area contributed by atoms with E-state index < -0.39 is 35.0 Å². The number of ketones is 2. The van der Waals surface area contributed by atoms with Crippen molar-refractivity contribution in [2.75, 3.05) is 13.1 Å². The highest BCUT2D eigenvalue weighted by atomic mass is 16.3. The number of nitrogens with zero attached hydrogens (tertiary/aromatic N) is 1. The van der Waals surface area contributed by atoms with Crippen molar-refractivity contribution in [3.63, 3.8) is 0 Å². The molecule has 4 N–H and O–H groups in total. The Morgan fingerprint density at radius 2 is 1.00 bits per heavy atom. The lowest BCUT2D eigenvalue weighted by Crippen LogP contribution is -2.39. The van der Waals surface area contributed by atoms with E-state index in [1.807, 2.05) is 4.90 Å². The van der Waals surface area contributed by atoms with E-state index in [4.69, 9.17) is 0 Å². The van der Waals surface area contributed by atoms with Gasteiger partial charge in [-0.2, -0.15) is 0 Å². The van der Waals surface area contributed by atoms with Crippen LogP contribution in [0.15, 0.2) is 48.5 Å². The summed E-state index contributed by atoms with van der Waals surface area (Å²) in [6.07, 6.45) is -1.32. The molecule has 186 valence electrons. The Balaban J connectivity index is 2.54. The number of aliphatic hydroxyl groups is 4. The number of Topliss-reactive ketones (excluding diaryl/α,β-unsaturated/α-hetero) is 2. The van der Waals surface area contributed by atoms with Gasteiger partial charge in [-0.05, 0) is 52.7 Å². The number of carbonyl (C=O) groups is 2. The lowest BCUT2D eigenvalue weighted by Gasteiger charge is -2.34. The van der Waals surface area contributed by atoms with Crippen LogP contribution in [-0.2, 0) is 0 Å². The normalized spacial score (nSPS) is 14.4. The molecule has 0 spiro atoms. The van der Waals surface area contributed by atoms with E-state index in [9.17, 15) is 30.0 Å². The molecule has 2 aromatic rings. The highest BCUT2D eigenvalue weighted by molar-refractivity contribution is 6.02. The average molecular weight is 472 g/mol. The van der Waals surface area contributed by atoms with E-state index >= 15 is 0 Å². The third kappa shape index (κ3) is 7.29. The summed E-state index contributed by atoms with van der Waals surface area (Å²) >= 11 is 0. The summed E-state index contributed by atoms with van der Waals surface area (Å²) in [5.41, 5.74) is -0.606. The first-order chi connectivity index (χ1) is 15.6. The fourth-order valence-corrected chi connectivity index (χ4v) is 3.92. The van der Waals surface area contributed by atoms with Gasteiger partial charge in [-0.15, -0.1) is 0 Å². The first kappa shape index (κ1) is 27.8. The molecule has 0 saturated carbocycles. The Kier molecular flexibility index (Phi) is 8.91. The van der Waals surface area contributed by atoms with Crippen LogP contribution in [0.3, 0.4) is 0 Å². The zero-order valence-electron chi connectivity index (χ0n) is 20.8. The molecule has 0 aliphatic rings. The molecule has 2 rings (SSSR count). The first-order valence-electron chi connectivity index (χ1n) is 11.5. The van der Waals surface area contributed by atoms with E-state index in [1.165, 1.54) is 27.7 Å². The van der Waals surface area contributed by atoms with Gasteiger partial charge in [0.25, 0.3) is 0 Å². The van der Waals surface area contributed by atoms with Crippen LogP contribution in [-0.4, -0.2) is 73.4 Å². The zero-order chi connectivity index (χ0) is 25.8. The predicted octanol–water partition coefficient (Wildman–Crippen LogP) is 2.75. The van der Waals surface area contributed by atoms with E-state index in [2.05, 4.69) is 0 Å². The minimum atomic E-state index is -1.49. The van der Waals surface area contributed by atoms with Crippen LogP contribution in [0.1, 0.15) is 79.4 Å². The SMILES string of the molecule is CC(O)CN(CC(C)O)C(c1ccc(C(=O)C(C)(C)O)cc1)c1ccc(C(=O)C(C)(C)O)cc1. The number of rotatable bonds is 11. The maximum absolute atomic E-state index is 12.4. The Bertz CT molecular complexity index is 887. The summed E-state index contributed by atoms with van der Waals surface area (Å²) in [7, 11) is 0. The van der Waals surface area contributed by atoms with Crippen molar-refractivity contribution in [2.24, 2.45) is 0 Å². The quantitative estimate of drug-likeness (QED) is 0.372. The van der Waals surface area contributed by atoms with Gasteiger partial charge in [0.15, 0.2) is 11.6 Å². The summed E-state index contributed by atoms with van der Waals surface area (Å²) < 4.78 is 0. The van der Waals surface area contributed by atoms with Crippen molar-refractivity contribution in [1.29, 1.82) is 0 Å². The molecule has 0 heterocycles. The van der Waals surface area contributed by atoms with E-state index in [-0.39, 0.29) is 19.1 Å². The van der Waals surface area contributed by atoms with Crippen molar-refractivity contribution in [3.05, 3.63) is 70.8 Å². The highest BCUT2D eigenvalue weighted by Crippen LogP contribution is 2.31. The smallest absolute Gasteiger partial charge is 0.193 e. The minimum Gasteiger partial charge on any atom is -0.392 e. The van der Waals surface area contributed by atoms with E-state index in [0.717, 1.165) is 11.1 Å². The third-order valence-corrected chi connectivity index (χ3v) is 5.45. The van der Waals surface area contributed by atoms with Crippen LogP contribution in [0.5, 0.6) is 0 Å². The molecule has 0 saturated heterocycles. The molecule has 0 radical (unpaired) electrons. The van der Waals surface area contributed by atoms with Crippen LogP contribution in [0.4, 0.5) is 0 Å². The zero-order valence-corrected chi connectivity index (χ0v) is 20.8. The highest BCUT2D eigenvalue weighted by Gasteiger charge is 2.29. The Labute approximate surface area is 201 Å². The van der Waals surface area contributed by atoms with Crippen molar-refractivity contribution in [1.82, 2.24) is 4.90 Å². The molecule has 34 heavy (non-hydrogen) atoms. The number of hydrogen-bond acceptors (Lipinski definition) is 7. The average Bonchev–Trinajstić information content (AvgIpc) is 2.71. The van der Waals surface area contributed by atoms with Gasteiger partial charge in [-0.1, -0.05) is 48.5 Å². The van der Waals surface area contributed by atoms with Gasteiger partial charge in [0.05, 0.1) is 18.2 Å². The van der Waals surface area contributed by atoms with Gasteiger partial charge in [0, 0.05) is 24.2 Å². The molecule has 0 fully saturated rings. The fraction of sp³-hybridized carbons (Fsp3) is 0.481. The summed E-state index contributed by atoms with van der Waals surface area (Å²) in [5, 5.41) is 40.3. The van der Waals surface area contributed by atoms with Gasteiger partial charge < -0.3 is 20.4 Å². The monoisotopic (exact) mass is 471 g/mol. The van der Waals surface area contributed by atoms with Crippen LogP contribution in [0.25, 0.3) is 0 Å². The van der Waals surface area contributed by atoms with Crippen molar-refractivity contribution >= 4 is 11.6 Å². The van der Waals surface area contributed by atoms with Crippen LogP contribution in [0.2, 0.25) is 0 Å². The van der Waals surface area contributed by atoms with Crippen LogP contribution in [0, 0.1) is 0 Å². The largest absolute Gasteiger partial charge is 0.392 e. The van der Waals surface area contributed by atoms with Crippen molar-refractivity contribution in [2.45, 2.75) is 71.0 Å². The fourth-order valence-electron chi connectivity index (χ4n) is 3.92. The molecule has 0 aromatic heterocycles. The minimum absolute atomic E-state index is 0.282. The number of hydrogen-bond donors (Lipinski definition) is 4. The van der Waals surface area contributed by atoms with E-state index in [1.54, 1.807) is 62.4 Å². The maximum atomic E-state index is 12.4. The molecule has 0 bridgehead atoms. The van der Waals surface area contributed by atoms with E-state index in [0.29, 0.717) is 11.1 Å². The number of benzene rings is 2. The molecule has 7 nitrogen and oxygen atoms in total. The van der Waals surface area contributed by atoms with Gasteiger partial charge in [-0.25, -0.2) is 0 Å². The lowest BCUT2D eigenvalue weighted by atomic mass is 9.90. The lowest BCUT2D eigenvalue weighted by molar-refractivity contribution is 0.0487.